The summed E-state index contributed by atoms with van der Waals surface area (Å²) in [6.45, 7) is 3.71. The van der Waals surface area contributed by atoms with Gasteiger partial charge in [-0.2, -0.15) is 13.2 Å². The van der Waals surface area contributed by atoms with Crippen LogP contribution in [-0.2, 0) is 11.0 Å². The van der Waals surface area contributed by atoms with Crippen LogP contribution in [0.4, 0.5) is 18.9 Å². The quantitative estimate of drug-likeness (QED) is 0.392. The molecule has 1 aromatic carbocycles. The van der Waals surface area contributed by atoms with Gasteiger partial charge in [0.2, 0.25) is 5.91 Å². The van der Waals surface area contributed by atoms with Crippen LogP contribution in [0.15, 0.2) is 46.8 Å². The SMILES string of the molecule is CC[C@@H](Sc1nnc(C)n2c1cc1sccc12)C(=O)Nc1cccc(C(F)(F)F)c1. The number of aromatic nitrogens is 3. The average molecular weight is 451 g/mol. The monoisotopic (exact) mass is 450 g/mol. The van der Waals surface area contributed by atoms with E-state index in [4.69, 9.17) is 0 Å². The highest BCUT2D eigenvalue weighted by Crippen LogP contribution is 2.34. The minimum absolute atomic E-state index is 0.109. The maximum absolute atomic E-state index is 12.9. The highest BCUT2D eigenvalue weighted by molar-refractivity contribution is 8.00. The smallest absolute Gasteiger partial charge is 0.325 e. The average Bonchev–Trinajstić information content (AvgIpc) is 3.28. The molecule has 0 fully saturated rings. The Morgan fingerprint density at radius 3 is 2.77 bits per heavy atom. The number of fused-ring (bicyclic) bond motifs is 3. The maximum Gasteiger partial charge on any atom is 0.416 e. The Balaban J connectivity index is 1.59. The second kappa shape index (κ2) is 7.92. The molecule has 3 aromatic heterocycles. The van der Waals surface area contributed by atoms with Crippen LogP contribution < -0.4 is 5.32 Å². The van der Waals surface area contributed by atoms with Gasteiger partial charge in [0.15, 0.2) is 0 Å². The molecule has 156 valence electrons. The highest BCUT2D eigenvalue weighted by atomic mass is 32.2. The third kappa shape index (κ3) is 3.89. The first-order chi connectivity index (χ1) is 14.3. The minimum atomic E-state index is -4.47. The lowest BCUT2D eigenvalue weighted by molar-refractivity contribution is -0.137. The lowest BCUT2D eigenvalue weighted by atomic mass is 10.2. The van der Waals surface area contributed by atoms with Gasteiger partial charge >= 0.3 is 6.18 Å². The summed E-state index contributed by atoms with van der Waals surface area (Å²) in [6, 6.07) is 8.64. The number of halogens is 3. The van der Waals surface area contributed by atoms with Gasteiger partial charge < -0.3 is 5.32 Å². The van der Waals surface area contributed by atoms with E-state index < -0.39 is 17.0 Å². The van der Waals surface area contributed by atoms with Crippen molar-refractivity contribution in [1.82, 2.24) is 14.6 Å². The highest BCUT2D eigenvalue weighted by Gasteiger charge is 2.31. The molecule has 0 spiro atoms. The largest absolute Gasteiger partial charge is 0.416 e. The van der Waals surface area contributed by atoms with E-state index in [9.17, 15) is 18.0 Å². The first-order valence-corrected chi connectivity index (χ1v) is 10.9. The lowest BCUT2D eigenvalue weighted by Gasteiger charge is -2.16. The molecular weight excluding hydrogens is 433 g/mol. The van der Waals surface area contributed by atoms with Crippen molar-refractivity contribution in [3.8, 4) is 0 Å². The van der Waals surface area contributed by atoms with Crippen molar-refractivity contribution in [2.45, 2.75) is 36.7 Å². The third-order valence-corrected chi connectivity index (χ3v) is 6.82. The summed E-state index contributed by atoms with van der Waals surface area (Å²) in [6.07, 6.45) is -3.99. The predicted octanol–water partition coefficient (Wildman–Crippen LogP) is 5.78. The number of carbonyl (C=O) groups is 1. The first-order valence-electron chi connectivity index (χ1n) is 9.14. The van der Waals surface area contributed by atoms with Crippen LogP contribution in [0.5, 0.6) is 0 Å². The van der Waals surface area contributed by atoms with Crippen molar-refractivity contribution in [2.75, 3.05) is 5.32 Å². The van der Waals surface area contributed by atoms with E-state index in [2.05, 4.69) is 15.5 Å². The predicted molar refractivity (Wildman–Crippen MR) is 113 cm³/mol. The summed E-state index contributed by atoms with van der Waals surface area (Å²) in [7, 11) is 0. The zero-order chi connectivity index (χ0) is 21.5. The van der Waals surface area contributed by atoms with Gasteiger partial charge in [-0.25, -0.2) is 0 Å². The van der Waals surface area contributed by atoms with Crippen molar-refractivity contribution in [2.24, 2.45) is 0 Å². The molecule has 0 bridgehead atoms. The van der Waals surface area contributed by atoms with Crippen LogP contribution in [-0.4, -0.2) is 25.8 Å². The maximum atomic E-state index is 12.9. The van der Waals surface area contributed by atoms with Crippen LogP contribution in [0.25, 0.3) is 15.7 Å². The number of thioether (sulfide) groups is 1. The van der Waals surface area contributed by atoms with Crippen LogP contribution in [0.1, 0.15) is 24.7 Å². The molecule has 0 radical (unpaired) electrons. The lowest BCUT2D eigenvalue weighted by Crippen LogP contribution is -2.25. The number of anilines is 1. The molecule has 0 aliphatic heterocycles. The van der Waals surface area contributed by atoms with E-state index in [1.54, 1.807) is 11.3 Å². The number of thiophene rings is 1. The van der Waals surface area contributed by atoms with Crippen LogP contribution in [0.3, 0.4) is 0 Å². The zero-order valence-corrected chi connectivity index (χ0v) is 17.7. The fraction of sp³-hybridized carbons (Fsp3) is 0.250. The van der Waals surface area contributed by atoms with E-state index in [-0.39, 0.29) is 11.6 Å². The van der Waals surface area contributed by atoms with Gasteiger partial charge in [-0.1, -0.05) is 24.8 Å². The molecule has 10 heteroatoms. The molecule has 0 aliphatic rings. The van der Waals surface area contributed by atoms with Crippen molar-refractivity contribution in [3.63, 3.8) is 0 Å². The summed E-state index contributed by atoms with van der Waals surface area (Å²) in [5.41, 5.74) is 1.20. The molecule has 0 aliphatic carbocycles. The number of nitrogens with zero attached hydrogens (tertiary/aromatic N) is 3. The number of amides is 1. The molecule has 0 saturated carbocycles. The fourth-order valence-electron chi connectivity index (χ4n) is 3.18. The summed E-state index contributed by atoms with van der Waals surface area (Å²) in [4.78, 5) is 12.8. The summed E-state index contributed by atoms with van der Waals surface area (Å²) in [5.74, 6) is 0.361. The van der Waals surface area contributed by atoms with Gasteiger partial charge in [-0.05, 0) is 49.1 Å². The van der Waals surface area contributed by atoms with E-state index in [0.29, 0.717) is 11.4 Å². The Morgan fingerprint density at radius 2 is 2.03 bits per heavy atom. The van der Waals surface area contributed by atoms with Gasteiger partial charge in [0.25, 0.3) is 0 Å². The Kier molecular flexibility index (Phi) is 5.46. The molecule has 1 amide bonds. The standard InChI is InChI=1S/C20H17F3N4OS2/c1-3-16(18(28)24-13-6-4-5-12(9-13)20(21,22)23)30-19-15-10-17-14(7-8-29-17)27(15)11(2)25-26-19/h4-10,16H,3H2,1-2H3,(H,24,28)/t16-/m1/s1. The Hall–Kier alpha value is -2.59. The zero-order valence-electron chi connectivity index (χ0n) is 16.0. The van der Waals surface area contributed by atoms with Gasteiger partial charge in [0, 0.05) is 5.69 Å². The Bertz CT molecular complexity index is 1230. The second-order valence-corrected chi connectivity index (χ2v) is 8.81. The van der Waals surface area contributed by atoms with E-state index in [1.165, 1.54) is 23.9 Å². The molecular formula is C20H17F3N4OS2. The van der Waals surface area contributed by atoms with Gasteiger partial charge in [0.1, 0.15) is 10.9 Å². The van der Waals surface area contributed by atoms with E-state index >= 15 is 0 Å². The number of aryl methyl sites for hydroxylation is 1. The van der Waals surface area contributed by atoms with Crippen LogP contribution >= 0.6 is 23.1 Å². The number of benzene rings is 1. The van der Waals surface area contributed by atoms with Gasteiger partial charge in [-0.15, -0.1) is 21.5 Å². The number of hydrogen-bond acceptors (Lipinski definition) is 5. The van der Waals surface area contributed by atoms with Gasteiger partial charge in [0.05, 0.1) is 26.5 Å². The number of alkyl halides is 3. The van der Waals surface area contributed by atoms with Crippen molar-refractivity contribution in [3.05, 3.63) is 53.2 Å². The third-order valence-electron chi connectivity index (χ3n) is 4.63. The number of nitrogens with one attached hydrogen (secondary N) is 1. The molecule has 1 N–H and O–H groups in total. The molecule has 30 heavy (non-hydrogen) atoms. The molecule has 4 aromatic rings. The van der Waals surface area contributed by atoms with Crippen molar-refractivity contribution < 1.29 is 18.0 Å². The summed E-state index contributed by atoms with van der Waals surface area (Å²) < 4.78 is 41.9. The number of hydrogen-bond donors (Lipinski definition) is 1. The molecule has 3 heterocycles. The normalized spacial score (nSPS) is 13.1. The van der Waals surface area contributed by atoms with Crippen LogP contribution in [0, 0.1) is 6.92 Å². The Labute approximate surface area is 178 Å². The van der Waals surface area contributed by atoms with Crippen LogP contribution in [0.2, 0.25) is 0 Å². The van der Waals surface area contributed by atoms with Gasteiger partial charge in [-0.3, -0.25) is 9.20 Å². The first kappa shape index (κ1) is 20.7. The molecule has 1 atom stereocenters. The number of carbonyl (C=O) groups excluding carboxylic acids is 1. The van der Waals surface area contributed by atoms with Crippen molar-refractivity contribution in [1.29, 1.82) is 0 Å². The summed E-state index contributed by atoms with van der Waals surface area (Å²) in [5, 5.41) is 13.2. The molecule has 5 nitrogen and oxygen atoms in total. The molecule has 4 rings (SSSR count). The molecule has 0 saturated heterocycles. The molecule has 0 unspecified atom stereocenters. The fourth-order valence-corrected chi connectivity index (χ4v) is 4.95. The van der Waals surface area contributed by atoms with E-state index in [1.807, 2.05) is 35.8 Å². The topological polar surface area (TPSA) is 59.3 Å². The number of rotatable bonds is 5. The summed E-state index contributed by atoms with van der Waals surface area (Å²) >= 11 is 2.87. The van der Waals surface area contributed by atoms with Crippen molar-refractivity contribution >= 4 is 50.4 Å². The minimum Gasteiger partial charge on any atom is -0.325 e. The second-order valence-electron chi connectivity index (χ2n) is 6.67. The Morgan fingerprint density at radius 1 is 1.23 bits per heavy atom. The van der Waals surface area contributed by atoms with E-state index in [0.717, 1.165) is 33.7 Å².